The fourth-order valence-corrected chi connectivity index (χ4v) is 2.03. The van der Waals surface area contributed by atoms with Gasteiger partial charge in [-0.05, 0) is 28.1 Å². The minimum absolute atomic E-state index is 0.133. The Hall–Kier alpha value is -0.580. The first-order valence-electron chi connectivity index (χ1n) is 4.51. The van der Waals surface area contributed by atoms with Crippen LogP contribution in [0.2, 0.25) is 5.02 Å². The van der Waals surface area contributed by atoms with Gasteiger partial charge in [0.25, 0.3) is 5.91 Å². The van der Waals surface area contributed by atoms with Gasteiger partial charge in [-0.15, -0.1) is 0 Å². The Morgan fingerprint density at radius 2 is 2.20 bits per heavy atom. The van der Waals surface area contributed by atoms with Gasteiger partial charge in [0.1, 0.15) is 0 Å². The molecule has 1 aromatic rings. The van der Waals surface area contributed by atoms with Crippen molar-refractivity contribution in [1.29, 1.82) is 0 Å². The minimum atomic E-state index is -0.389. The summed E-state index contributed by atoms with van der Waals surface area (Å²) in [6.45, 7) is 0.781. The van der Waals surface area contributed by atoms with Crippen molar-refractivity contribution in [2.75, 3.05) is 13.1 Å². The molecule has 0 unspecified atom stereocenters. The number of halogens is 2. The first-order chi connectivity index (χ1) is 7.09. The molecule has 0 aromatic heterocycles. The van der Waals surface area contributed by atoms with Crippen molar-refractivity contribution in [3.8, 4) is 0 Å². The molecule has 1 N–H and O–H groups in total. The Bertz CT molecular complexity index is 404. The van der Waals surface area contributed by atoms with Gasteiger partial charge in [-0.1, -0.05) is 17.7 Å². The highest BCUT2D eigenvalue weighted by molar-refractivity contribution is 9.10. The third-order valence-corrected chi connectivity index (χ3v) is 3.63. The summed E-state index contributed by atoms with van der Waals surface area (Å²) in [5, 5.41) is 9.52. The van der Waals surface area contributed by atoms with Gasteiger partial charge < -0.3 is 10.0 Å². The predicted molar refractivity (Wildman–Crippen MR) is 61.1 cm³/mol. The fourth-order valence-electron chi connectivity index (χ4n) is 1.46. The maximum absolute atomic E-state index is 11.9. The van der Waals surface area contributed by atoms with Crippen LogP contribution in [0.3, 0.4) is 0 Å². The van der Waals surface area contributed by atoms with E-state index in [1.54, 1.807) is 23.1 Å². The first kappa shape index (κ1) is 10.9. The Morgan fingerprint density at radius 3 is 2.80 bits per heavy atom. The molecular weight excluding hydrogens is 281 g/mol. The average Bonchev–Trinajstić information content (AvgIpc) is 2.16. The van der Waals surface area contributed by atoms with Crippen LogP contribution in [0.25, 0.3) is 0 Å². The highest BCUT2D eigenvalue weighted by atomic mass is 79.9. The van der Waals surface area contributed by atoms with Crippen LogP contribution in [0.1, 0.15) is 10.4 Å². The summed E-state index contributed by atoms with van der Waals surface area (Å²) in [5.41, 5.74) is 0.470. The number of carbonyl (C=O) groups is 1. The largest absolute Gasteiger partial charge is 0.389 e. The lowest BCUT2D eigenvalue weighted by molar-refractivity contribution is 0.00590. The Labute approximate surface area is 101 Å². The van der Waals surface area contributed by atoms with E-state index in [-0.39, 0.29) is 12.0 Å². The van der Waals surface area contributed by atoms with Crippen LogP contribution in [0, 0.1) is 0 Å². The maximum Gasteiger partial charge on any atom is 0.255 e. The number of benzene rings is 1. The quantitative estimate of drug-likeness (QED) is 0.858. The van der Waals surface area contributed by atoms with Crippen molar-refractivity contribution in [2.45, 2.75) is 6.10 Å². The van der Waals surface area contributed by atoms with Crippen LogP contribution in [-0.4, -0.2) is 35.1 Å². The van der Waals surface area contributed by atoms with Gasteiger partial charge in [-0.25, -0.2) is 0 Å². The molecule has 0 bridgehead atoms. The van der Waals surface area contributed by atoms with E-state index in [0.29, 0.717) is 28.1 Å². The van der Waals surface area contributed by atoms with Crippen molar-refractivity contribution in [3.63, 3.8) is 0 Å². The third-order valence-electron chi connectivity index (χ3n) is 2.33. The molecule has 0 spiro atoms. The molecule has 3 nitrogen and oxygen atoms in total. The van der Waals surface area contributed by atoms with Gasteiger partial charge in [0.05, 0.1) is 16.7 Å². The molecule has 15 heavy (non-hydrogen) atoms. The Morgan fingerprint density at radius 1 is 1.53 bits per heavy atom. The van der Waals surface area contributed by atoms with E-state index in [9.17, 15) is 4.79 Å². The predicted octanol–water partition coefficient (Wildman–Crippen LogP) is 1.92. The summed E-state index contributed by atoms with van der Waals surface area (Å²) in [6, 6.07) is 5.23. The lowest BCUT2D eigenvalue weighted by Crippen LogP contribution is -2.53. The molecule has 1 fully saturated rings. The second-order valence-electron chi connectivity index (χ2n) is 3.47. The molecule has 1 amide bonds. The summed E-state index contributed by atoms with van der Waals surface area (Å²) in [4.78, 5) is 13.4. The van der Waals surface area contributed by atoms with Crippen LogP contribution >= 0.6 is 27.5 Å². The van der Waals surface area contributed by atoms with E-state index in [4.69, 9.17) is 16.7 Å². The van der Waals surface area contributed by atoms with Crippen molar-refractivity contribution in [1.82, 2.24) is 4.90 Å². The van der Waals surface area contributed by atoms with Gasteiger partial charge in [-0.2, -0.15) is 0 Å². The molecule has 0 aliphatic carbocycles. The van der Waals surface area contributed by atoms with Crippen LogP contribution in [0.5, 0.6) is 0 Å². The monoisotopic (exact) mass is 289 g/mol. The van der Waals surface area contributed by atoms with Gasteiger partial charge in [0.15, 0.2) is 0 Å². The van der Waals surface area contributed by atoms with Crippen LogP contribution in [0.15, 0.2) is 22.7 Å². The third kappa shape index (κ3) is 2.02. The lowest BCUT2D eigenvalue weighted by Gasteiger charge is -2.36. The number of likely N-dealkylation sites (tertiary alicyclic amines) is 1. The zero-order chi connectivity index (χ0) is 11.0. The molecule has 5 heteroatoms. The first-order valence-corrected chi connectivity index (χ1v) is 5.68. The lowest BCUT2D eigenvalue weighted by atomic mass is 10.1. The molecule has 1 aliphatic rings. The molecule has 1 heterocycles. The summed E-state index contributed by atoms with van der Waals surface area (Å²) < 4.78 is 0.705. The summed E-state index contributed by atoms with van der Waals surface area (Å²) in [6.07, 6.45) is -0.389. The van der Waals surface area contributed by atoms with E-state index in [1.165, 1.54) is 0 Å². The molecule has 2 rings (SSSR count). The van der Waals surface area contributed by atoms with Crippen LogP contribution in [0.4, 0.5) is 0 Å². The SMILES string of the molecule is O=C(c1cccc(Br)c1Cl)N1CC(O)C1. The second-order valence-corrected chi connectivity index (χ2v) is 4.70. The van der Waals surface area contributed by atoms with Crippen molar-refractivity contribution < 1.29 is 9.90 Å². The van der Waals surface area contributed by atoms with E-state index < -0.39 is 0 Å². The number of carbonyl (C=O) groups excluding carboxylic acids is 1. The number of hydrogen-bond acceptors (Lipinski definition) is 2. The maximum atomic E-state index is 11.9. The van der Waals surface area contributed by atoms with Crippen molar-refractivity contribution >= 4 is 33.4 Å². The number of aliphatic hydroxyl groups is 1. The molecular formula is C10H9BrClNO2. The zero-order valence-corrected chi connectivity index (χ0v) is 10.1. The summed E-state index contributed by atoms with van der Waals surface area (Å²) in [7, 11) is 0. The molecule has 0 saturated carbocycles. The normalized spacial score (nSPS) is 16.3. The minimum Gasteiger partial charge on any atom is -0.389 e. The van der Waals surface area contributed by atoms with Gasteiger partial charge in [0.2, 0.25) is 0 Å². The molecule has 0 radical (unpaired) electrons. The van der Waals surface area contributed by atoms with Gasteiger partial charge in [-0.3, -0.25) is 4.79 Å². The smallest absolute Gasteiger partial charge is 0.255 e. The Kier molecular flexibility index (Phi) is 3.00. The highest BCUT2D eigenvalue weighted by Crippen LogP contribution is 2.27. The van der Waals surface area contributed by atoms with E-state index in [0.717, 1.165) is 0 Å². The second kappa shape index (κ2) is 4.12. The van der Waals surface area contributed by atoms with Gasteiger partial charge >= 0.3 is 0 Å². The number of β-amino-alcohol motifs (C(OH)–C–C–N with tert-alkyl or cyclic N) is 1. The average molecular weight is 291 g/mol. The van der Waals surface area contributed by atoms with E-state index in [1.807, 2.05) is 0 Å². The standard InChI is InChI=1S/C10H9BrClNO2/c11-8-3-1-2-7(9(8)12)10(15)13-4-6(14)5-13/h1-3,6,14H,4-5H2. The molecule has 0 atom stereocenters. The van der Waals surface area contributed by atoms with Crippen molar-refractivity contribution in [2.24, 2.45) is 0 Å². The van der Waals surface area contributed by atoms with Crippen LogP contribution in [-0.2, 0) is 0 Å². The highest BCUT2D eigenvalue weighted by Gasteiger charge is 2.30. The molecule has 1 aliphatic heterocycles. The van der Waals surface area contributed by atoms with Crippen LogP contribution < -0.4 is 0 Å². The number of hydrogen-bond donors (Lipinski definition) is 1. The Balaban J connectivity index is 2.22. The number of amides is 1. The topological polar surface area (TPSA) is 40.5 Å². The van der Waals surface area contributed by atoms with E-state index >= 15 is 0 Å². The zero-order valence-electron chi connectivity index (χ0n) is 7.78. The summed E-state index contributed by atoms with van der Waals surface area (Å²) in [5.74, 6) is -0.133. The van der Waals surface area contributed by atoms with Crippen molar-refractivity contribution in [3.05, 3.63) is 33.3 Å². The number of nitrogens with zero attached hydrogens (tertiary/aromatic N) is 1. The fraction of sp³-hybridized carbons (Fsp3) is 0.300. The summed E-state index contributed by atoms with van der Waals surface area (Å²) >= 11 is 9.26. The number of rotatable bonds is 1. The molecule has 1 saturated heterocycles. The molecule has 1 aromatic carbocycles. The molecule has 80 valence electrons. The van der Waals surface area contributed by atoms with E-state index in [2.05, 4.69) is 15.9 Å². The number of aliphatic hydroxyl groups excluding tert-OH is 1. The van der Waals surface area contributed by atoms with Gasteiger partial charge in [0, 0.05) is 17.6 Å².